The standard InChI is InChI=1S/C17H21N3OS/c18-14-6-3-5-13(11-14)17(21)19-12-15(16-7-4-10-22-16)20-8-1-2-9-20/h3-7,10-11,15H,1-2,8-9,12,18H2,(H,19,21). The number of anilines is 1. The van der Waals surface area contributed by atoms with Crippen molar-refractivity contribution in [2.75, 3.05) is 25.4 Å². The van der Waals surface area contributed by atoms with Crippen molar-refractivity contribution in [2.45, 2.75) is 18.9 Å². The number of thiophene rings is 1. The molecule has 1 aromatic carbocycles. The number of nitrogens with zero attached hydrogens (tertiary/aromatic N) is 1. The molecule has 0 saturated carbocycles. The molecule has 1 unspecified atom stereocenters. The van der Waals surface area contributed by atoms with Crippen LogP contribution in [0.3, 0.4) is 0 Å². The number of nitrogens with two attached hydrogens (primary N) is 1. The van der Waals surface area contributed by atoms with Crippen LogP contribution in [0.25, 0.3) is 0 Å². The zero-order valence-corrected chi connectivity index (χ0v) is 13.3. The van der Waals surface area contributed by atoms with Gasteiger partial charge in [-0.1, -0.05) is 12.1 Å². The fourth-order valence-corrected chi connectivity index (χ4v) is 3.78. The molecule has 1 saturated heterocycles. The Bertz CT molecular complexity index is 621. The van der Waals surface area contributed by atoms with E-state index in [-0.39, 0.29) is 11.9 Å². The van der Waals surface area contributed by atoms with E-state index in [2.05, 4.69) is 27.7 Å². The molecule has 0 aliphatic carbocycles. The fraction of sp³-hybridized carbons (Fsp3) is 0.353. The van der Waals surface area contributed by atoms with E-state index in [9.17, 15) is 4.79 Å². The molecule has 22 heavy (non-hydrogen) atoms. The maximum Gasteiger partial charge on any atom is 0.251 e. The first-order valence-corrected chi connectivity index (χ1v) is 8.53. The van der Waals surface area contributed by atoms with Gasteiger partial charge < -0.3 is 11.1 Å². The van der Waals surface area contributed by atoms with E-state index in [0.717, 1.165) is 13.1 Å². The van der Waals surface area contributed by atoms with Crippen LogP contribution in [-0.2, 0) is 0 Å². The molecule has 0 radical (unpaired) electrons. The van der Waals surface area contributed by atoms with Gasteiger partial charge in [0.05, 0.1) is 6.04 Å². The number of hydrogen-bond donors (Lipinski definition) is 2. The van der Waals surface area contributed by atoms with E-state index >= 15 is 0 Å². The zero-order chi connectivity index (χ0) is 15.4. The summed E-state index contributed by atoms with van der Waals surface area (Å²) >= 11 is 1.75. The Morgan fingerprint density at radius 2 is 2.09 bits per heavy atom. The van der Waals surface area contributed by atoms with Crippen molar-refractivity contribution in [3.05, 3.63) is 52.2 Å². The fourth-order valence-electron chi connectivity index (χ4n) is 2.92. The topological polar surface area (TPSA) is 58.4 Å². The van der Waals surface area contributed by atoms with Crippen molar-refractivity contribution in [1.29, 1.82) is 0 Å². The van der Waals surface area contributed by atoms with Gasteiger partial charge in [0, 0.05) is 22.7 Å². The summed E-state index contributed by atoms with van der Waals surface area (Å²) in [6.07, 6.45) is 2.48. The number of nitrogen functional groups attached to an aromatic ring is 1. The van der Waals surface area contributed by atoms with Gasteiger partial charge >= 0.3 is 0 Å². The highest BCUT2D eigenvalue weighted by Crippen LogP contribution is 2.27. The Morgan fingerprint density at radius 1 is 1.27 bits per heavy atom. The van der Waals surface area contributed by atoms with Crippen LogP contribution in [0, 0.1) is 0 Å². The van der Waals surface area contributed by atoms with Crippen molar-refractivity contribution in [3.8, 4) is 0 Å². The molecule has 1 aliphatic heterocycles. The number of rotatable bonds is 5. The molecule has 116 valence electrons. The third-order valence-electron chi connectivity index (χ3n) is 4.06. The van der Waals surface area contributed by atoms with Gasteiger partial charge in [0.2, 0.25) is 0 Å². The van der Waals surface area contributed by atoms with Gasteiger partial charge in [-0.3, -0.25) is 9.69 Å². The molecule has 1 aromatic heterocycles. The Morgan fingerprint density at radius 3 is 2.77 bits per heavy atom. The minimum atomic E-state index is -0.0620. The largest absolute Gasteiger partial charge is 0.399 e. The Balaban J connectivity index is 1.67. The molecule has 3 N–H and O–H groups in total. The number of carbonyl (C=O) groups is 1. The molecule has 4 nitrogen and oxygen atoms in total. The molecule has 1 fully saturated rings. The van der Waals surface area contributed by atoms with Crippen LogP contribution in [0.15, 0.2) is 41.8 Å². The number of carbonyl (C=O) groups excluding carboxylic acids is 1. The SMILES string of the molecule is Nc1cccc(C(=O)NCC(c2cccs2)N2CCCC2)c1. The van der Waals surface area contributed by atoms with Crippen LogP contribution in [0.4, 0.5) is 5.69 Å². The smallest absolute Gasteiger partial charge is 0.251 e. The quantitative estimate of drug-likeness (QED) is 0.834. The average molecular weight is 315 g/mol. The van der Waals surface area contributed by atoms with E-state index < -0.39 is 0 Å². The second kappa shape index (κ2) is 6.94. The van der Waals surface area contributed by atoms with Crippen LogP contribution in [0.5, 0.6) is 0 Å². The van der Waals surface area contributed by atoms with Crippen LogP contribution >= 0.6 is 11.3 Å². The van der Waals surface area contributed by atoms with Gasteiger partial charge in [-0.05, 0) is 55.6 Å². The number of benzene rings is 1. The molecule has 1 aliphatic rings. The highest BCUT2D eigenvalue weighted by atomic mass is 32.1. The van der Waals surface area contributed by atoms with E-state index in [1.165, 1.54) is 17.7 Å². The van der Waals surface area contributed by atoms with E-state index in [0.29, 0.717) is 17.8 Å². The first kappa shape index (κ1) is 15.1. The summed E-state index contributed by atoms with van der Waals surface area (Å²) in [4.78, 5) is 16.1. The summed E-state index contributed by atoms with van der Waals surface area (Å²) in [5, 5.41) is 5.16. The Hall–Kier alpha value is -1.85. The van der Waals surface area contributed by atoms with Gasteiger partial charge in [0.1, 0.15) is 0 Å². The molecule has 3 rings (SSSR count). The number of likely N-dealkylation sites (tertiary alicyclic amines) is 1. The van der Waals surface area contributed by atoms with Crippen molar-refractivity contribution in [2.24, 2.45) is 0 Å². The van der Waals surface area contributed by atoms with Crippen LogP contribution < -0.4 is 11.1 Å². The van der Waals surface area contributed by atoms with Crippen LogP contribution in [0.1, 0.15) is 34.1 Å². The van der Waals surface area contributed by atoms with Crippen LogP contribution in [-0.4, -0.2) is 30.4 Å². The number of amides is 1. The van der Waals surface area contributed by atoms with Gasteiger partial charge in [0.15, 0.2) is 0 Å². The molecule has 5 heteroatoms. The lowest BCUT2D eigenvalue weighted by Crippen LogP contribution is -2.36. The first-order chi connectivity index (χ1) is 10.7. The average Bonchev–Trinajstić information content (AvgIpc) is 3.21. The predicted molar refractivity (Wildman–Crippen MR) is 91.1 cm³/mol. The van der Waals surface area contributed by atoms with Gasteiger partial charge in [0.25, 0.3) is 5.91 Å². The summed E-state index contributed by atoms with van der Waals surface area (Å²) in [6.45, 7) is 2.85. The Labute approximate surface area is 134 Å². The molecule has 0 spiro atoms. The zero-order valence-electron chi connectivity index (χ0n) is 12.5. The van der Waals surface area contributed by atoms with Crippen LogP contribution in [0.2, 0.25) is 0 Å². The number of hydrogen-bond acceptors (Lipinski definition) is 4. The maximum atomic E-state index is 12.3. The van der Waals surface area contributed by atoms with E-state index in [1.54, 1.807) is 29.5 Å². The van der Waals surface area contributed by atoms with Gasteiger partial charge in [-0.15, -0.1) is 11.3 Å². The highest BCUT2D eigenvalue weighted by molar-refractivity contribution is 7.10. The third kappa shape index (κ3) is 3.48. The molecular weight excluding hydrogens is 294 g/mol. The lowest BCUT2D eigenvalue weighted by Gasteiger charge is -2.26. The predicted octanol–water partition coefficient (Wildman–Crippen LogP) is 2.90. The monoisotopic (exact) mass is 315 g/mol. The molecule has 2 aromatic rings. The summed E-state index contributed by atoms with van der Waals surface area (Å²) in [6, 6.07) is 11.6. The minimum Gasteiger partial charge on any atom is -0.399 e. The molecular formula is C17H21N3OS. The van der Waals surface area contributed by atoms with Gasteiger partial charge in [-0.2, -0.15) is 0 Å². The second-order valence-corrected chi connectivity index (χ2v) is 6.59. The highest BCUT2D eigenvalue weighted by Gasteiger charge is 2.24. The molecule has 2 heterocycles. The third-order valence-corrected chi connectivity index (χ3v) is 5.03. The van der Waals surface area contributed by atoms with Crippen molar-refractivity contribution in [3.63, 3.8) is 0 Å². The van der Waals surface area contributed by atoms with E-state index in [1.807, 2.05) is 6.07 Å². The van der Waals surface area contributed by atoms with Crippen molar-refractivity contribution >= 4 is 22.9 Å². The summed E-state index contributed by atoms with van der Waals surface area (Å²) in [5.41, 5.74) is 6.97. The van der Waals surface area contributed by atoms with E-state index in [4.69, 9.17) is 5.73 Å². The lowest BCUT2D eigenvalue weighted by atomic mass is 10.1. The number of nitrogens with one attached hydrogen (secondary N) is 1. The minimum absolute atomic E-state index is 0.0620. The second-order valence-electron chi connectivity index (χ2n) is 5.61. The van der Waals surface area contributed by atoms with Crippen molar-refractivity contribution in [1.82, 2.24) is 10.2 Å². The molecule has 0 bridgehead atoms. The maximum absolute atomic E-state index is 12.3. The molecule has 1 atom stereocenters. The van der Waals surface area contributed by atoms with Gasteiger partial charge in [-0.25, -0.2) is 0 Å². The summed E-state index contributed by atoms with van der Waals surface area (Å²) < 4.78 is 0. The Kier molecular flexibility index (Phi) is 4.75. The normalized spacial score (nSPS) is 16.5. The lowest BCUT2D eigenvalue weighted by molar-refractivity contribution is 0.0938. The van der Waals surface area contributed by atoms with Crippen molar-refractivity contribution < 1.29 is 4.79 Å². The summed E-state index contributed by atoms with van der Waals surface area (Å²) in [5.74, 6) is -0.0620. The molecule has 1 amide bonds. The summed E-state index contributed by atoms with van der Waals surface area (Å²) in [7, 11) is 0. The first-order valence-electron chi connectivity index (χ1n) is 7.65.